The summed E-state index contributed by atoms with van der Waals surface area (Å²) in [5.41, 5.74) is 7.48. The summed E-state index contributed by atoms with van der Waals surface area (Å²) in [5.74, 6) is -0.117. The molecule has 0 bridgehead atoms. The molecule has 88 valence electrons. The Morgan fingerprint density at radius 3 is 2.71 bits per heavy atom. The summed E-state index contributed by atoms with van der Waals surface area (Å²) in [5, 5.41) is 0. The maximum Gasteiger partial charge on any atom is 0.269 e. The van der Waals surface area contributed by atoms with Crippen LogP contribution in [0, 0.1) is 0 Å². The standard InChI is InChI=1S/C14H16N2O/c17-14(13-9-5-2-6-10-13)16-15-11-12-7-3-1-4-8-12/h1-3,5-6,9-11,15H,4,7-8H2,(H,16,17)/b12-11+. The van der Waals surface area contributed by atoms with E-state index in [4.69, 9.17) is 0 Å². The molecule has 0 heterocycles. The number of hydrogen-bond donors (Lipinski definition) is 2. The Hall–Kier alpha value is -2.03. The van der Waals surface area contributed by atoms with E-state index >= 15 is 0 Å². The minimum absolute atomic E-state index is 0.117. The lowest BCUT2D eigenvalue weighted by Crippen LogP contribution is -2.33. The number of allylic oxidation sites excluding steroid dienone is 3. The molecule has 2 rings (SSSR count). The number of benzene rings is 1. The third kappa shape index (κ3) is 3.48. The highest BCUT2D eigenvalue weighted by Crippen LogP contribution is 2.15. The monoisotopic (exact) mass is 228 g/mol. The Bertz CT molecular complexity index is 435. The van der Waals surface area contributed by atoms with Crippen molar-refractivity contribution >= 4 is 5.91 Å². The molecule has 1 amide bonds. The van der Waals surface area contributed by atoms with E-state index in [2.05, 4.69) is 23.0 Å². The van der Waals surface area contributed by atoms with Crippen molar-refractivity contribution in [3.63, 3.8) is 0 Å². The van der Waals surface area contributed by atoms with Crippen molar-refractivity contribution in [1.82, 2.24) is 10.9 Å². The first-order valence-electron chi connectivity index (χ1n) is 5.80. The Kier molecular flexibility index (Phi) is 3.97. The predicted octanol–water partition coefficient (Wildman–Crippen LogP) is 2.55. The van der Waals surface area contributed by atoms with E-state index in [9.17, 15) is 4.79 Å². The third-order valence-corrected chi connectivity index (χ3v) is 2.68. The summed E-state index contributed by atoms with van der Waals surface area (Å²) in [7, 11) is 0. The zero-order valence-electron chi connectivity index (χ0n) is 9.65. The summed E-state index contributed by atoms with van der Waals surface area (Å²) in [6.45, 7) is 0. The molecule has 2 N–H and O–H groups in total. The van der Waals surface area contributed by atoms with Crippen molar-refractivity contribution in [2.75, 3.05) is 0 Å². The first kappa shape index (κ1) is 11.5. The second-order valence-electron chi connectivity index (χ2n) is 3.98. The van der Waals surface area contributed by atoms with Gasteiger partial charge in [0.25, 0.3) is 5.91 Å². The molecule has 0 saturated carbocycles. The highest BCUT2D eigenvalue weighted by molar-refractivity contribution is 5.93. The zero-order chi connectivity index (χ0) is 11.9. The molecule has 0 spiro atoms. The molecule has 0 aromatic heterocycles. The average molecular weight is 228 g/mol. The fourth-order valence-corrected chi connectivity index (χ4v) is 1.72. The number of carbonyl (C=O) groups is 1. The van der Waals surface area contributed by atoms with Crippen molar-refractivity contribution in [2.45, 2.75) is 19.3 Å². The Morgan fingerprint density at radius 2 is 2.00 bits per heavy atom. The van der Waals surface area contributed by atoms with Gasteiger partial charge in [0.05, 0.1) is 0 Å². The quantitative estimate of drug-likeness (QED) is 0.616. The minimum atomic E-state index is -0.117. The molecule has 0 atom stereocenters. The lowest BCUT2D eigenvalue weighted by atomic mass is 10.0. The number of carbonyl (C=O) groups excluding carboxylic acids is 1. The van der Waals surface area contributed by atoms with Crippen LogP contribution in [-0.4, -0.2) is 5.91 Å². The Labute approximate surface area is 101 Å². The lowest BCUT2D eigenvalue weighted by molar-refractivity contribution is 0.0941. The minimum Gasteiger partial charge on any atom is -0.306 e. The SMILES string of the molecule is O=C(NN/C=C1\CC=CCC1)c1ccccc1. The van der Waals surface area contributed by atoms with Crippen molar-refractivity contribution in [3.8, 4) is 0 Å². The molecule has 17 heavy (non-hydrogen) atoms. The van der Waals surface area contributed by atoms with E-state index in [-0.39, 0.29) is 5.91 Å². The molecule has 3 nitrogen and oxygen atoms in total. The largest absolute Gasteiger partial charge is 0.306 e. The van der Waals surface area contributed by atoms with Crippen LogP contribution in [0.25, 0.3) is 0 Å². The van der Waals surface area contributed by atoms with E-state index in [0.717, 1.165) is 19.3 Å². The van der Waals surface area contributed by atoms with Gasteiger partial charge < -0.3 is 5.43 Å². The van der Waals surface area contributed by atoms with E-state index < -0.39 is 0 Å². The van der Waals surface area contributed by atoms with Gasteiger partial charge in [-0.25, -0.2) is 0 Å². The van der Waals surface area contributed by atoms with E-state index in [1.54, 1.807) is 12.1 Å². The van der Waals surface area contributed by atoms with E-state index in [1.165, 1.54) is 5.57 Å². The van der Waals surface area contributed by atoms with Gasteiger partial charge in [0.15, 0.2) is 0 Å². The molecule has 1 aliphatic rings. The third-order valence-electron chi connectivity index (χ3n) is 2.68. The summed E-state index contributed by atoms with van der Waals surface area (Å²) < 4.78 is 0. The smallest absolute Gasteiger partial charge is 0.269 e. The number of rotatable bonds is 3. The lowest BCUT2D eigenvalue weighted by Gasteiger charge is -2.10. The molecule has 0 aliphatic heterocycles. The normalized spacial score (nSPS) is 16.8. The molecule has 0 radical (unpaired) electrons. The van der Waals surface area contributed by atoms with Crippen molar-refractivity contribution in [2.24, 2.45) is 0 Å². The van der Waals surface area contributed by atoms with Crippen LogP contribution in [0.5, 0.6) is 0 Å². The van der Waals surface area contributed by atoms with E-state index in [1.807, 2.05) is 24.4 Å². The predicted molar refractivity (Wildman–Crippen MR) is 68.1 cm³/mol. The topological polar surface area (TPSA) is 41.1 Å². The summed E-state index contributed by atoms with van der Waals surface area (Å²) in [4.78, 5) is 11.7. The maximum atomic E-state index is 11.7. The number of hydrogen-bond acceptors (Lipinski definition) is 2. The van der Waals surface area contributed by atoms with Gasteiger partial charge in [0.1, 0.15) is 0 Å². The Balaban J connectivity index is 1.83. The van der Waals surface area contributed by atoms with Gasteiger partial charge in [-0.3, -0.25) is 10.2 Å². The van der Waals surface area contributed by atoms with Gasteiger partial charge in [-0.1, -0.05) is 30.4 Å². The number of hydrazine groups is 1. The highest BCUT2D eigenvalue weighted by atomic mass is 16.2. The summed E-state index contributed by atoms with van der Waals surface area (Å²) in [6, 6.07) is 9.15. The van der Waals surface area contributed by atoms with Crippen molar-refractivity contribution in [1.29, 1.82) is 0 Å². The van der Waals surface area contributed by atoms with Crippen LogP contribution in [0.3, 0.4) is 0 Å². The highest BCUT2D eigenvalue weighted by Gasteiger charge is 2.02. The summed E-state index contributed by atoms with van der Waals surface area (Å²) in [6.07, 6.45) is 9.32. The summed E-state index contributed by atoms with van der Waals surface area (Å²) >= 11 is 0. The van der Waals surface area contributed by atoms with Gasteiger partial charge in [-0.05, 0) is 37.0 Å². The second-order valence-corrected chi connectivity index (χ2v) is 3.98. The molecule has 3 heteroatoms. The maximum absolute atomic E-state index is 11.7. The molecule has 0 saturated heterocycles. The van der Waals surface area contributed by atoms with Gasteiger partial charge in [0, 0.05) is 11.8 Å². The zero-order valence-corrected chi connectivity index (χ0v) is 9.65. The molecule has 0 unspecified atom stereocenters. The van der Waals surface area contributed by atoms with Crippen LogP contribution in [0.15, 0.2) is 54.3 Å². The molecule has 1 aromatic carbocycles. The van der Waals surface area contributed by atoms with Crippen LogP contribution in [0.4, 0.5) is 0 Å². The second kappa shape index (κ2) is 5.89. The van der Waals surface area contributed by atoms with Crippen LogP contribution < -0.4 is 10.9 Å². The van der Waals surface area contributed by atoms with Crippen molar-refractivity contribution < 1.29 is 4.79 Å². The first-order chi connectivity index (χ1) is 8.36. The Morgan fingerprint density at radius 1 is 1.18 bits per heavy atom. The number of amides is 1. The van der Waals surface area contributed by atoms with Gasteiger partial charge >= 0.3 is 0 Å². The van der Waals surface area contributed by atoms with Crippen LogP contribution in [0.1, 0.15) is 29.6 Å². The molecule has 0 fully saturated rings. The van der Waals surface area contributed by atoms with Crippen LogP contribution >= 0.6 is 0 Å². The molecule has 1 aromatic rings. The fraction of sp³-hybridized carbons (Fsp3) is 0.214. The molecular formula is C14H16N2O. The molecular weight excluding hydrogens is 212 g/mol. The van der Waals surface area contributed by atoms with E-state index in [0.29, 0.717) is 5.56 Å². The van der Waals surface area contributed by atoms with Crippen molar-refractivity contribution in [3.05, 3.63) is 59.8 Å². The van der Waals surface area contributed by atoms with Crippen LogP contribution in [-0.2, 0) is 0 Å². The van der Waals surface area contributed by atoms with Gasteiger partial charge in [-0.2, -0.15) is 0 Å². The number of nitrogens with one attached hydrogen (secondary N) is 2. The molecule has 1 aliphatic carbocycles. The van der Waals surface area contributed by atoms with Gasteiger partial charge in [0.2, 0.25) is 0 Å². The van der Waals surface area contributed by atoms with Crippen LogP contribution in [0.2, 0.25) is 0 Å². The first-order valence-corrected chi connectivity index (χ1v) is 5.80. The fourth-order valence-electron chi connectivity index (χ4n) is 1.72. The van der Waals surface area contributed by atoms with Gasteiger partial charge in [-0.15, -0.1) is 0 Å². The average Bonchev–Trinajstić information content (AvgIpc) is 2.41.